The Labute approximate surface area is 118 Å². The van der Waals surface area contributed by atoms with Gasteiger partial charge in [-0.05, 0) is 40.2 Å². The van der Waals surface area contributed by atoms with Crippen molar-refractivity contribution in [2.75, 3.05) is 12.3 Å². The highest BCUT2D eigenvalue weighted by atomic mass is 32.2. The van der Waals surface area contributed by atoms with Gasteiger partial charge in [0.15, 0.2) is 0 Å². The molecule has 0 radical (unpaired) electrons. The second kappa shape index (κ2) is 6.96. The number of aromatic nitrogens is 1. The fraction of sp³-hybridized carbons (Fsp3) is 0.692. The average molecular weight is 285 g/mol. The van der Waals surface area contributed by atoms with Gasteiger partial charge in [-0.1, -0.05) is 18.7 Å². The minimum Gasteiger partial charge on any atom is -0.437 e. The van der Waals surface area contributed by atoms with Crippen molar-refractivity contribution >= 4 is 17.7 Å². The van der Waals surface area contributed by atoms with Crippen LogP contribution in [0.25, 0.3) is 0 Å². The number of nitrogens with two attached hydrogens (primary N) is 1. The molecule has 1 atom stereocenters. The van der Waals surface area contributed by atoms with Gasteiger partial charge < -0.3 is 15.5 Å². The van der Waals surface area contributed by atoms with Gasteiger partial charge in [0, 0.05) is 5.75 Å². The number of carbonyl (C=O) groups excluding carboxylic acids is 1. The van der Waals surface area contributed by atoms with E-state index in [-0.39, 0.29) is 5.91 Å². The molecule has 1 aromatic heterocycles. The highest BCUT2D eigenvalue weighted by Gasteiger charge is 2.29. The summed E-state index contributed by atoms with van der Waals surface area (Å²) in [7, 11) is 0. The summed E-state index contributed by atoms with van der Waals surface area (Å²) in [6, 6.07) is 0. The SMILES string of the molecule is CCCNC(C)(CCSc1nc(C)c(C)o1)C(N)=O. The summed E-state index contributed by atoms with van der Waals surface area (Å²) >= 11 is 1.51. The lowest BCUT2D eigenvalue weighted by Crippen LogP contribution is -2.53. The quantitative estimate of drug-likeness (QED) is 0.714. The Bertz CT molecular complexity index is 414. The molecular weight excluding hydrogens is 262 g/mol. The molecule has 0 aromatic carbocycles. The van der Waals surface area contributed by atoms with Crippen LogP contribution in [0.2, 0.25) is 0 Å². The summed E-state index contributed by atoms with van der Waals surface area (Å²) in [5, 5.41) is 3.86. The number of hydrogen-bond donors (Lipinski definition) is 2. The van der Waals surface area contributed by atoms with Crippen molar-refractivity contribution in [2.24, 2.45) is 5.73 Å². The molecule has 0 aliphatic carbocycles. The van der Waals surface area contributed by atoms with Gasteiger partial charge in [0.05, 0.1) is 11.2 Å². The molecule has 1 heterocycles. The van der Waals surface area contributed by atoms with Crippen LogP contribution in [0.3, 0.4) is 0 Å². The van der Waals surface area contributed by atoms with Crippen molar-refractivity contribution in [2.45, 2.75) is 51.3 Å². The lowest BCUT2D eigenvalue weighted by molar-refractivity contribution is -0.123. The molecule has 1 unspecified atom stereocenters. The van der Waals surface area contributed by atoms with Crippen LogP contribution < -0.4 is 11.1 Å². The maximum absolute atomic E-state index is 11.5. The highest BCUT2D eigenvalue weighted by molar-refractivity contribution is 7.99. The number of oxazole rings is 1. The van der Waals surface area contributed by atoms with Gasteiger partial charge in [-0.25, -0.2) is 4.98 Å². The van der Waals surface area contributed by atoms with Crippen LogP contribution in [0, 0.1) is 13.8 Å². The van der Waals surface area contributed by atoms with Crippen LogP contribution in [0.1, 0.15) is 38.1 Å². The summed E-state index contributed by atoms with van der Waals surface area (Å²) in [4.78, 5) is 15.8. The first-order valence-corrected chi connectivity index (χ1v) is 7.49. The third-order valence-electron chi connectivity index (χ3n) is 3.15. The minimum atomic E-state index is -0.667. The maximum atomic E-state index is 11.5. The van der Waals surface area contributed by atoms with Crippen molar-refractivity contribution in [1.82, 2.24) is 10.3 Å². The molecule has 5 nitrogen and oxygen atoms in total. The Morgan fingerprint density at radius 3 is 2.68 bits per heavy atom. The Balaban J connectivity index is 2.50. The molecule has 1 rings (SSSR count). The molecule has 0 bridgehead atoms. The van der Waals surface area contributed by atoms with Crippen molar-refractivity contribution in [3.05, 3.63) is 11.5 Å². The number of aryl methyl sites for hydroxylation is 2. The van der Waals surface area contributed by atoms with Crippen LogP contribution in [-0.2, 0) is 4.79 Å². The average Bonchev–Trinajstić information content (AvgIpc) is 2.66. The number of primary amides is 1. The number of rotatable bonds is 8. The van der Waals surface area contributed by atoms with Crippen LogP contribution in [0.15, 0.2) is 9.64 Å². The van der Waals surface area contributed by atoms with Crippen molar-refractivity contribution in [3.8, 4) is 0 Å². The van der Waals surface area contributed by atoms with Crippen molar-refractivity contribution < 1.29 is 9.21 Å². The second-order valence-corrected chi connectivity index (χ2v) is 5.89. The molecule has 0 fully saturated rings. The van der Waals surface area contributed by atoms with Gasteiger partial charge in [0.1, 0.15) is 5.76 Å². The molecule has 1 amide bonds. The fourth-order valence-electron chi connectivity index (χ4n) is 1.55. The van der Waals surface area contributed by atoms with Crippen LogP contribution in [-0.4, -0.2) is 28.7 Å². The van der Waals surface area contributed by atoms with Crippen LogP contribution in [0.5, 0.6) is 0 Å². The van der Waals surface area contributed by atoms with E-state index in [9.17, 15) is 4.79 Å². The van der Waals surface area contributed by atoms with Gasteiger partial charge in [-0.2, -0.15) is 0 Å². The third-order valence-corrected chi connectivity index (χ3v) is 3.98. The maximum Gasteiger partial charge on any atom is 0.256 e. The topological polar surface area (TPSA) is 81.2 Å². The standard InChI is InChI=1S/C13H23N3O2S/c1-5-7-15-13(4,11(14)17)6-8-19-12-16-9(2)10(3)18-12/h15H,5-8H2,1-4H3,(H2,14,17). The van der Waals surface area contributed by atoms with Gasteiger partial charge >= 0.3 is 0 Å². The van der Waals surface area contributed by atoms with E-state index in [1.807, 2.05) is 20.8 Å². The van der Waals surface area contributed by atoms with E-state index < -0.39 is 5.54 Å². The van der Waals surface area contributed by atoms with Gasteiger partial charge in [-0.15, -0.1) is 0 Å². The molecule has 19 heavy (non-hydrogen) atoms. The van der Waals surface area contributed by atoms with E-state index in [1.165, 1.54) is 11.8 Å². The number of amides is 1. The molecule has 1 aromatic rings. The summed E-state index contributed by atoms with van der Waals surface area (Å²) in [5.74, 6) is 1.25. The Morgan fingerprint density at radius 1 is 1.53 bits per heavy atom. The number of nitrogens with one attached hydrogen (secondary N) is 1. The van der Waals surface area contributed by atoms with Gasteiger partial charge in [0.2, 0.25) is 5.91 Å². The van der Waals surface area contributed by atoms with E-state index in [4.69, 9.17) is 10.2 Å². The second-order valence-electron chi connectivity index (χ2n) is 4.84. The van der Waals surface area contributed by atoms with Crippen molar-refractivity contribution in [3.63, 3.8) is 0 Å². The predicted octanol–water partition coefficient (Wildman–Crippen LogP) is 2.02. The van der Waals surface area contributed by atoms with Crippen molar-refractivity contribution in [1.29, 1.82) is 0 Å². The monoisotopic (exact) mass is 285 g/mol. The molecule has 108 valence electrons. The molecule has 0 saturated heterocycles. The summed E-state index contributed by atoms with van der Waals surface area (Å²) in [5.41, 5.74) is 5.71. The summed E-state index contributed by atoms with van der Waals surface area (Å²) < 4.78 is 5.49. The largest absolute Gasteiger partial charge is 0.437 e. The van der Waals surface area contributed by atoms with E-state index >= 15 is 0 Å². The van der Waals surface area contributed by atoms with E-state index in [0.717, 1.165) is 30.2 Å². The first kappa shape index (κ1) is 16.0. The summed E-state index contributed by atoms with van der Waals surface area (Å²) in [6.45, 7) is 8.49. The highest BCUT2D eigenvalue weighted by Crippen LogP contribution is 2.23. The molecule has 6 heteroatoms. The first-order valence-electron chi connectivity index (χ1n) is 6.51. The van der Waals surface area contributed by atoms with Crippen LogP contribution in [0.4, 0.5) is 0 Å². The zero-order valence-electron chi connectivity index (χ0n) is 12.1. The van der Waals surface area contributed by atoms with E-state index in [0.29, 0.717) is 11.6 Å². The van der Waals surface area contributed by atoms with Gasteiger partial charge in [-0.3, -0.25) is 4.79 Å². The minimum absolute atomic E-state index is 0.318. The molecule has 0 spiro atoms. The van der Waals surface area contributed by atoms with E-state index in [2.05, 4.69) is 17.2 Å². The summed E-state index contributed by atoms with van der Waals surface area (Å²) in [6.07, 6.45) is 1.61. The zero-order valence-corrected chi connectivity index (χ0v) is 12.9. The Hall–Kier alpha value is -1.01. The smallest absolute Gasteiger partial charge is 0.256 e. The number of thioether (sulfide) groups is 1. The molecule has 3 N–H and O–H groups in total. The third kappa shape index (κ3) is 4.54. The normalized spacial score (nSPS) is 14.3. The Morgan fingerprint density at radius 2 is 2.21 bits per heavy atom. The molecular formula is C13H23N3O2S. The number of hydrogen-bond acceptors (Lipinski definition) is 5. The predicted molar refractivity (Wildman–Crippen MR) is 77.2 cm³/mol. The van der Waals surface area contributed by atoms with Crippen LogP contribution >= 0.6 is 11.8 Å². The lowest BCUT2D eigenvalue weighted by atomic mass is 9.98. The lowest BCUT2D eigenvalue weighted by Gasteiger charge is -2.27. The Kier molecular flexibility index (Phi) is 5.87. The molecule has 0 aliphatic heterocycles. The first-order chi connectivity index (χ1) is 8.89. The number of nitrogens with zero attached hydrogens (tertiary/aromatic N) is 1. The number of carbonyl (C=O) groups is 1. The van der Waals surface area contributed by atoms with Gasteiger partial charge in [0.25, 0.3) is 5.22 Å². The van der Waals surface area contributed by atoms with E-state index in [1.54, 1.807) is 0 Å². The zero-order chi connectivity index (χ0) is 14.5. The fourth-order valence-corrected chi connectivity index (χ4v) is 2.62. The molecule has 0 saturated carbocycles. The molecule has 0 aliphatic rings.